The Bertz CT molecular complexity index is 406. The van der Waals surface area contributed by atoms with Crippen LogP contribution in [0.5, 0.6) is 0 Å². The second-order valence-electron chi connectivity index (χ2n) is 4.14. The van der Waals surface area contributed by atoms with Crippen LogP contribution in [0.1, 0.15) is 30.9 Å². The number of hydrogen-bond donors (Lipinski definition) is 1. The molecule has 1 aliphatic heterocycles. The Morgan fingerprint density at radius 1 is 1.47 bits per heavy atom. The largest absolute Gasteiger partial charge is 0.388 e. The second-order valence-corrected chi connectivity index (χ2v) is 5.00. The number of aliphatic hydroxyl groups is 1. The number of ether oxygens (including phenoxy) is 1. The Kier molecular flexibility index (Phi) is 4.12. The molecule has 0 bridgehead atoms. The molecule has 0 amide bonds. The summed E-state index contributed by atoms with van der Waals surface area (Å²) in [4.78, 5) is 0. The summed E-state index contributed by atoms with van der Waals surface area (Å²) in [6.07, 6.45) is 0.706. The lowest BCUT2D eigenvalue weighted by Gasteiger charge is -2.17. The molecule has 5 heteroatoms. The van der Waals surface area contributed by atoms with Crippen LogP contribution in [0.25, 0.3) is 0 Å². The van der Waals surface area contributed by atoms with E-state index < -0.39 is 17.7 Å². The van der Waals surface area contributed by atoms with Crippen LogP contribution in [0.2, 0.25) is 0 Å². The van der Waals surface area contributed by atoms with E-state index in [0.717, 1.165) is 18.9 Å². The Hall–Kier alpha value is -0.520. The van der Waals surface area contributed by atoms with Gasteiger partial charge in [-0.1, -0.05) is 0 Å². The first-order valence-electron chi connectivity index (χ1n) is 5.52. The minimum Gasteiger partial charge on any atom is -0.388 e. The van der Waals surface area contributed by atoms with Gasteiger partial charge >= 0.3 is 0 Å². The predicted molar refractivity (Wildman–Crippen MR) is 62.6 cm³/mol. The van der Waals surface area contributed by atoms with E-state index in [0.29, 0.717) is 6.61 Å². The highest BCUT2D eigenvalue weighted by atomic mass is 79.9. The molecule has 0 spiro atoms. The van der Waals surface area contributed by atoms with Gasteiger partial charge in [-0.25, -0.2) is 8.78 Å². The summed E-state index contributed by atoms with van der Waals surface area (Å²) in [6, 6.07) is 2.42. The van der Waals surface area contributed by atoms with Crippen molar-refractivity contribution in [2.24, 2.45) is 0 Å². The van der Waals surface area contributed by atoms with Gasteiger partial charge in [-0.3, -0.25) is 0 Å². The van der Waals surface area contributed by atoms with Crippen LogP contribution < -0.4 is 0 Å². The van der Waals surface area contributed by atoms with Crippen molar-refractivity contribution in [3.8, 4) is 0 Å². The molecule has 94 valence electrons. The van der Waals surface area contributed by atoms with Crippen LogP contribution in [-0.4, -0.2) is 17.8 Å². The molecule has 2 unspecified atom stereocenters. The molecular formula is C12H13BrF2O2. The standard InChI is InChI=1S/C12H13BrF2O2/c13-8-3-4-9(14)11(12(8)15)10(16)6-7-2-1-5-17-7/h3-4,7,10,16H,1-2,5-6H2. The Morgan fingerprint density at radius 3 is 2.88 bits per heavy atom. The van der Waals surface area contributed by atoms with Crippen molar-refractivity contribution in [1.82, 2.24) is 0 Å². The quantitative estimate of drug-likeness (QED) is 0.868. The zero-order valence-corrected chi connectivity index (χ0v) is 10.7. The Labute approximate surface area is 107 Å². The molecule has 1 aromatic rings. The van der Waals surface area contributed by atoms with Gasteiger partial charge < -0.3 is 9.84 Å². The molecule has 0 radical (unpaired) electrons. The molecule has 0 aliphatic carbocycles. The zero-order chi connectivity index (χ0) is 12.4. The van der Waals surface area contributed by atoms with Gasteiger partial charge in [0.05, 0.1) is 22.2 Å². The Balaban J connectivity index is 2.17. The first-order valence-corrected chi connectivity index (χ1v) is 6.32. The average molecular weight is 307 g/mol. The van der Waals surface area contributed by atoms with Crippen molar-refractivity contribution in [3.05, 3.63) is 33.8 Å². The zero-order valence-electron chi connectivity index (χ0n) is 9.13. The van der Waals surface area contributed by atoms with E-state index in [9.17, 15) is 13.9 Å². The van der Waals surface area contributed by atoms with Crippen molar-refractivity contribution in [2.45, 2.75) is 31.5 Å². The van der Waals surface area contributed by atoms with Gasteiger partial charge in [0, 0.05) is 13.0 Å². The van der Waals surface area contributed by atoms with Gasteiger partial charge in [-0.05, 0) is 40.9 Å². The summed E-state index contributed by atoms with van der Waals surface area (Å²) in [5, 5.41) is 9.89. The van der Waals surface area contributed by atoms with Gasteiger partial charge in [0.1, 0.15) is 11.6 Å². The smallest absolute Gasteiger partial charge is 0.146 e. The molecule has 1 fully saturated rings. The van der Waals surface area contributed by atoms with Crippen LogP contribution in [0.15, 0.2) is 16.6 Å². The van der Waals surface area contributed by atoms with E-state index in [1.165, 1.54) is 6.07 Å². The fourth-order valence-electron chi connectivity index (χ4n) is 2.05. The summed E-state index contributed by atoms with van der Waals surface area (Å²) in [7, 11) is 0. The fraction of sp³-hybridized carbons (Fsp3) is 0.500. The molecule has 2 nitrogen and oxygen atoms in total. The van der Waals surface area contributed by atoms with Crippen LogP contribution in [-0.2, 0) is 4.74 Å². The average Bonchev–Trinajstić information content (AvgIpc) is 2.77. The van der Waals surface area contributed by atoms with Crippen LogP contribution in [0.4, 0.5) is 8.78 Å². The van der Waals surface area contributed by atoms with Gasteiger partial charge in [-0.2, -0.15) is 0 Å². The summed E-state index contributed by atoms with van der Waals surface area (Å²) in [5.74, 6) is -1.47. The van der Waals surface area contributed by atoms with E-state index in [1.54, 1.807) is 0 Å². The third kappa shape index (κ3) is 2.84. The lowest BCUT2D eigenvalue weighted by atomic mass is 10.0. The lowest BCUT2D eigenvalue weighted by molar-refractivity contribution is 0.0507. The summed E-state index contributed by atoms with van der Waals surface area (Å²) in [6.45, 7) is 0.654. The monoisotopic (exact) mass is 306 g/mol. The number of aliphatic hydroxyl groups excluding tert-OH is 1. The number of rotatable bonds is 3. The lowest BCUT2D eigenvalue weighted by Crippen LogP contribution is -2.13. The van der Waals surface area contributed by atoms with E-state index in [2.05, 4.69) is 15.9 Å². The van der Waals surface area contributed by atoms with E-state index >= 15 is 0 Å². The maximum atomic E-state index is 13.7. The van der Waals surface area contributed by atoms with Gasteiger partial charge in [0.15, 0.2) is 0 Å². The second kappa shape index (κ2) is 5.42. The SMILES string of the molecule is OC(CC1CCCO1)c1c(F)ccc(Br)c1F. The first kappa shape index (κ1) is 12.9. The summed E-state index contributed by atoms with van der Waals surface area (Å²) < 4.78 is 32.7. The van der Waals surface area contributed by atoms with Crippen molar-refractivity contribution in [2.75, 3.05) is 6.61 Å². The van der Waals surface area contributed by atoms with E-state index in [-0.39, 0.29) is 22.6 Å². The number of benzene rings is 1. The van der Waals surface area contributed by atoms with Crippen molar-refractivity contribution in [3.63, 3.8) is 0 Å². The van der Waals surface area contributed by atoms with Crippen molar-refractivity contribution >= 4 is 15.9 Å². The molecule has 17 heavy (non-hydrogen) atoms. The van der Waals surface area contributed by atoms with Crippen LogP contribution >= 0.6 is 15.9 Å². The molecule has 0 aromatic heterocycles. The van der Waals surface area contributed by atoms with Crippen molar-refractivity contribution in [1.29, 1.82) is 0 Å². The maximum absolute atomic E-state index is 13.7. The molecule has 1 saturated heterocycles. The molecule has 1 N–H and O–H groups in total. The molecular weight excluding hydrogens is 294 g/mol. The fourth-order valence-corrected chi connectivity index (χ4v) is 2.39. The highest BCUT2D eigenvalue weighted by Crippen LogP contribution is 2.31. The molecule has 1 aromatic carbocycles. The first-order chi connectivity index (χ1) is 8.09. The summed E-state index contributed by atoms with van der Waals surface area (Å²) in [5.41, 5.74) is -0.283. The number of halogens is 3. The predicted octanol–water partition coefficient (Wildman–Crippen LogP) is 3.33. The van der Waals surface area contributed by atoms with E-state index in [4.69, 9.17) is 4.74 Å². The third-order valence-electron chi connectivity index (χ3n) is 2.92. The molecule has 2 rings (SSSR count). The minimum atomic E-state index is -1.17. The molecule has 1 heterocycles. The highest BCUT2D eigenvalue weighted by Gasteiger charge is 2.25. The van der Waals surface area contributed by atoms with E-state index in [1.807, 2.05) is 0 Å². The highest BCUT2D eigenvalue weighted by molar-refractivity contribution is 9.10. The molecule has 2 atom stereocenters. The molecule has 1 aliphatic rings. The topological polar surface area (TPSA) is 29.5 Å². The molecule has 0 saturated carbocycles. The van der Waals surface area contributed by atoms with Crippen LogP contribution in [0, 0.1) is 11.6 Å². The van der Waals surface area contributed by atoms with Gasteiger partial charge in [0.2, 0.25) is 0 Å². The summed E-state index contributed by atoms with van der Waals surface area (Å²) >= 11 is 2.98. The van der Waals surface area contributed by atoms with Crippen molar-refractivity contribution < 1.29 is 18.6 Å². The Morgan fingerprint density at radius 2 is 2.24 bits per heavy atom. The normalized spacial score (nSPS) is 21.8. The third-order valence-corrected chi connectivity index (χ3v) is 3.54. The number of hydrogen-bond acceptors (Lipinski definition) is 2. The van der Waals surface area contributed by atoms with Gasteiger partial charge in [0.25, 0.3) is 0 Å². The minimum absolute atomic E-state index is 0.109. The van der Waals surface area contributed by atoms with Gasteiger partial charge in [-0.15, -0.1) is 0 Å². The maximum Gasteiger partial charge on any atom is 0.146 e. The van der Waals surface area contributed by atoms with Crippen LogP contribution in [0.3, 0.4) is 0 Å².